The molecule has 1 aliphatic rings. The van der Waals surface area contributed by atoms with Crippen LogP contribution in [-0.2, 0) is 21.2 Å². The van der Waals surface area contributed by atoms with Gasteiger partial charge in [0.05, 0.1) is 41.2 Å². The second-order valence-electron chi connectivity index (χ2n) is 10.1. The molecule has 214 valence electrons. The highest BCUT2D eigenvalue weighted by molar-refractivity contribution is 7.89. The zero-order valence-electron chi connectivity index (χ0n) is 23.4. The summed E-state index contributed by atoms with van der Waals surface area (Å²) in [5, 5.41) is 0.468. The SMILES string of the molecule is CCCOc1ccc(S(=O)(=O)N2CCOCC2)cc1-c1nc2c(C(C)=CCCc3ccccc3)cccc2c(=O)[nH]1. The largest absolute Gasteiger partial charge is 0.493 e. The van der Waals surface area contributed by atoms with E-state index in [1.807, 2.05) is 44.2 Å². The predicted octanol–water partition coefficient (Wildman–Crippen LogP) is 5.44. The van der Waals surface area contributed by atoms with Crippen LogP contribution in [0.4, 0.5) is 0 Å². The Bertz CT molecular complexity index is 1710. The van der Waals surface area contributed by atoms with Crippen LogP contribution in [0.15, 0.2) is 82.5 Å². The Hall–Kier alpha value is -3.79. The van der Waals surface area contributed by atoms with E-state index in [2.05, 4.69) is 23.2 Å². The summed E-state index contributed by atoms with van der Waals surface area (Å²) in [5.41, 5.74) is 3.82. The van der Waals surface area contributed by atoms with E-state index in [9.17, 15) is 13.2 Å². The van der Waals surface area contributed by atoms with E-state index >= 15 is 0 Å². The molecule has 0 saturated carbocycles. The molecule has 2 heterocycles. The highest BCUT2D eigenvalue weighted by Gasteiger charge is 2.28. The van der Waals surface area contributed by atoms with Crippen LogP contribution in [0, 0.1) is 0 Å². The van der Waals surface area contributed by atoms with Gasteiger partial charge in [0.25, 0.3) is 5.56 Å². The number of hydrogen-bond donors (Lipinski definition) is 1. The number of para-hydroxylation sites is 1. The molecule has 1 aromatic heterocycles. The number of morpholine rings is 1. The number of benzene rings is 3. The molecule has 0 amide bonds. The molecule has 8 nitrogen and oxygen atoms in total. The molecule has 41 heavy (non-hydrogen) atoms. The van der Waals surface area contributed by atoms with Gasteiger partial charge in [-0.1, -0.05) is 55.5 Å². The first-order valence-electron chi connectivity index (χ1n) is 14.0. The summed E-state index contributed by atoms with van der Waals surface area (Å²) in [6, 6.07) is 20.6. The van der Waals surface area contributed by atoms with Gasteiger partial charge in [0.2, 0.25) is 10.0 Å². The van der Waals surface area contributed by atoms with Crippen molar-refractivity contribution in [3.63, 3.8) is 0 Å². The first-order valence-corrected chi connectivity index (χ1v) is 15.4. The fourth-order valence-corrected chi connectivity index (χ4v) is 6.38. The van der Waals surface area contributed by atoms with E-state index in [1.165, 1.54) is 9.87 Å². The maximum absolute atomic E-state index is 13.5. The van der Waals surface area contributed by atoms with Crippen molar-refractivity contribution in [2.45, 2.75) is 38.0 Å². The molecule has 0 atom stereocenters. The quantitative estimate of drug-likeness (QED) is 0.271. The Morgan fingerprint density at radius 1 is 1.07 bits per heavy atom. The molecule has 0 spiro atoms. The van der Waals surface area contributed by atoms with E-state index in [1.54, 1.807) is 24.3 Å². The number of H-pyrrole nitrogens is 1. The topological polar surface area (TPSA) is 102 Å². The molecule has 5 rings (SSSR count). The summed E-state index contributed by atoms with van der Waals surface area (Å²) in [6.45, 7) is 5.73. The Labute approximate surface area is 240 Å². The molecule has 0 unspecified atom stereocenters. The summed E-state index contributed by atoms with van der Waals surface area (Å²) >= 11 is 0. The van der Waals surface area contributed by atoms with Crippen molar-refractivity contribution in [3.05, 3.63) is 94.3 Å². The lowest BCUT2D eigenvalue weighted by Crippen LogP contribution is -2.40. The minimum Gasteiger partial charge on any atom is -0.493 e. The number of allylic oxidation sites excluding steroid dienone is 2. The Morgan fingerprint density at radius 2 is 1.85 bits per heavy atom. The average Bonchev–Trinajstić information content (AvgIpc) is 3.00. The molecule has 0 radical (unpaired) electrons. The van der Waals surface area contributed by atoms with E-state index in [0.29, 0.717) is 42.0 Å². The minimum absolute atomic E-state index is 0.117. The fourth-order valence-electron chi connectivity index (χ4n) is 4.95. The second-order valence-corrected chi connectivity index (χ2v) is 12.0. The second kappa shape index (κ2) is 12.8. The third-order valence-electron chi connectivity index (χ3n) is 7.16. The smallest absolute Gasteiger partial charge is 0.259 e. The van der Waals surface area contributed by atoms with Crippen LogP contribution < -0.4 is 10.3 Å². The number of nitrogens with one attached hydrogen (secondary N) is 1. The third-order valence-corrected chi connectivity index (χ3v) is 9.06. The van der Waals surface area contributed by atoms with Crippen molar-refractivity contribution >= 4 is 26.5 Å². The van der Waals surface area contributed by atoms with Gasteiger partial charge in [0.1, 0.15) is 11.6 Å². The summed E-state index contributed by atoms with van der Waals surface area (Å²) in [5.74, 6) is 0.722. The number of aromatic nitrogens is 2. The van der Waals surface area contributed by atoms with Gasteiger partial charge in [-0.25, -0.2) is 13.4 Å². The monoisotopic (exact) mass is 573 g/mol. The molecule has 0 aliphatic carbocycles. The number of nitrogens with zero attached hydrogens (tertiary/aromatic N) is 2. The van der Waals surface area contributed by atoms with Crippen LogP contribution in [0.5, 0.6) is 5.75 Å². The molecule has 1 fully saturated rings. The van der Waals surface area contributed by atoms with Crippen LogP contribution >= 0.6 is 0 Å². The van der Waals surface area contributed by atoms with Crippen molar-refractivity contribution < 1.29 is 17.9 Å². The maximum atomic E-state index is 13.5. The molecule has 1 aliphatic heterocycles. The van der Waals surface area contributed by atoms with E-state index in [-0.39, 0.29) is 29.4 Å². The van der Waals surface area contributed by atoms with Crippen molar-refractivity contribution in [2.24, 2.45) is 0 Å². The van der Waals surface area contributed by atoms with Gasteiger partial charge in [0, 0.05) is 18.7 Å². The lowest BCUT2D eigenvalue weighted by Gasteiger charge is -2.26. The van der Waals surface area contributed by atoms with Gasteiger partial charge in [-0.2, -0.15) is 4.31 Å². The number of sulfonamides is 1. The summed E-state index contributed by atoms with van der Waals surface area (Å²) in [4.78, 5) is 21.2. The number of ether oxygens (including phenoxy) is 2. The third kappa shape index (κ3) is 6.43. The molecule has 9 heteroatoms. The lowest BCUT2D eigenvalue weighted by molar-refractivity contribution is 0.0730. The van der Waals surface area contributed by atoms with Gasteiger partial charge >= 0.3 is 0 Å². The van der Waals surface area contributed by atoms with Gasteiger partial charge in [-0.3, -0.25) is 4.79 Å². The Kier molecular flexibility index (Phi) is 8.97. The minimum atomic E-state index is -3.77. The molecule has 1 saturated heterocycles. The lowest BCUT2D eigenvalue weighted by atomic mass is 10.0. The highest BCUT2D eigenvalue weighted by atomic mass is 32.2. The summed E-state index contributed by atoms with van der Waals surface area (Å²) in [7, 11) is -3.77. The van der Waals surface area contributed by atoms with E-state index < -0.39 is 10.0 Å². The number of aromatic amines is 1. The zero-order chi connectivity index (χ0) is 28.8. The standard InChI is InChI=1S/C32H35N3O5S/c1-3-19-40-29-16-15-25(41(37,38)35-17-20-39-21-18-35)22-28(29)31-33-30-26(13-8-14-27(30)32(36)34-31)23(2)9-7-12-24-10-5-4-6-11-24/h4-6,8-11,13-16,22H,3,7,12,17-21H2,1-2H3,(H,33,34,36). The van der Waals surface area contributed by atoms with Gasteiger partial charge < -0.3 is 14.5 Å². The van der Waals surface area contributed by atoms with Gasteiger partial charge in [-0.15, -0.1) is 0 Å². The van der Waals surface area contributed by atoms with Crippen molar-refractivity contribution in [1.82, 2.24) is 14.3 Å². The highest BCUT2D eigenvalue weighted by Crippen LogP contribution is 2.33. The van der Waals surface area contributed by atoms with E-state index in [0.717, 1.165) is 30.4 Å². The maximum Gasteiger partial charge on any atom is 0.259 e. The molecule has 1 N–H and O–H groups in total. The van der Waals surface area contributed by atoms with Crippen LogP contribution in [0.25, 0.3) is 27.9 Å². The molecule has 0 bridgehead atoms. The fraction of sp³-hybridized carbons (Fsp3) is 0.312. The first-order chi connectivity index (χ1) is 19.9. The van der Waals surface area contributed by atoms with Crippen LogP contribution in [0.2, 0.25) is 0 Å². The molecule has 3 aromatic carbocycles. The van der Waals surface area contributed by atoms with Crippen molar-refractivity contribution in [3.8, 4) is 17.1 Å². The summed E-state index contributed by atoms with van der Waals surface area (Å²) in [6.07, 6.45) is 4.69. The van der Waals surface area contributed by atoms with Crippen LogP contribution in [-0.4, -0.2) is 55.6 Å². The van der Waals surface area contributed by atoms with Crippen LogP contribution in [0.3, 0.4) is 0 Å². The van der Waals surface area contributed by atoms with Gasteiger partial charge in [-0.05, 0) is 61.6 Å². The van der Waals surface area contributed by atoms with Crippen LogP contribution in [0.1, 0.15) is 37.8 Å². The Morgan fingerprint density at radius 3 is 2.61 bits per heavy atom. The number of rotatable bonds is 10. The number of fused-ring (bicyclic) bond motifs is 1. The molecular formula is C32H35N3O5S. The molecular weight excluding hydrogens is 538 g/mol. The normalized spacial score (nSPS) is 14.8. The Balaban J connectivity index is 1.57. The first kappa shape index (κ1) is 28.7. The summed E-state index contributed by atoms with van der Waals surface area (Å²) < 4.78 is 39.6. The van der Waals surface area contributed by atoms with Gasteiger partial charge in [0.15, 0.2) is 0 Å². The zero-order valence-corrected chi connectivity index (χ0v) is 24.2. The van der Waals surface area contributed by atoms with E-state index in [4.69, 9.17) is 14.5 Å². The number of hydrogen-bond acceptors (Lipinski definition) is 6. The molecule has 4 aromatic rings. The van der Waals surface area contributed by atoms with Crippen molar-refractivity contribution in [1.29, 1.82) is 0 Å². The predicted molar refractivity (Wildman–Crippen MR) is 162 cm³/mol. The average molecular weight is 574 g/mol. The number of aryl methyl sites for hydroxylation is 1. The van der Waals surface area contributed by atoms with Crippen molar-refractivity contribution in [2.75, 3.05) is 32.9 Å².